The third kappa shape index (κ3) is 4.05. The second-order valence-electron chi connectivity index (χ2n) is 5.77. The maximum atomic E-state index is 10.5. The van der Waals surface area contributed by atoms with Gasteiger partial charge in [0, 0.05) is 12.5 Å². The molecule has 0 amide bonds. The first kappa shape index (κ1) is 14.5. The molecule has 1 aromatic carbocycles. The first-order chi connectivity index (χ1) is 9.33. The van der Waals surface area contributed by atoms with Crippen molar-refractivity contribution in [3.05, 3.63) is 35.9 Å². The molecule has 2 unspecified atom stereocenters. The average molecular weight is 262 g/mol. The quantitative estimate of drug-likeness (QED) is 0.824. The van der Waals surface area contributed by atoms with Crippen LogP contribution in [0.4, 0.5) is 0 Å². The van der Waals surface area contributed by atoms with Gasteiger partial charge in [-0.15, -0.1) is 0 Å². The topological polar surface area (TPSA) is 40.5 Å². The van der Waals surface area contributed by atoms with Gasteiger partial charge >= 0.3 is 0 Å². The van der Waals surface area contributed by atoms with Crippen LogP contribution in [0.1, 0.15) is 56.4 Å². The van der Waals surface area contributed by atoms with Crippen molar-refractivity contribution in [2.24, 2.45) is 5.92 Å². The van der Waals surface area contributed by atoms with Crippen LogP contribution >= 0.6 is 0 Å². The van der Waals surface area contributed by atoms with Gasteiger partial charge in [0.15, 0.2) is 0 Å². The minimum atomic E-state index is -0.322. The highest BCUT2D eigenvalue weighted by Gasteiger charge is 2.30. The number of aliphatic hydroxyl groups excluding tert-OH is 2. The molecule has 0 saturated heterocycles. The summed E-state index contributed by atoms with van der Waals surface area (Å²) in [7, 11) is 0. The molecule has 0 bridgehead atoms. The summed E-state index contributed by atoms with van der Waals surface area (Å²) in [5.41, 5.74) is 1.26. The fraction of sp³-hybridized carbons (Fsp3) is 0.647. The Morgan fingerprint density at radius 2 is 1.74 bits per heavy atom. The standard InChI is InChI=1S/C17H26O2/c18-13-7-12-16(19)17(14-8-3-1-4-9-14)15-10-5-2-6-11-15/h1,3-4,8-9,15-19H,2,5-7,10-13H2. The lowest BCUT2D eigenvalue weighted by Crippen LogP contribution is -2.28. The molecule has 19 heavy (non-hydrogen) atoms. The average Bonchev–Trinajstić information content (AvgIpc) is 2.47. The molecule has 2 atom stereocenters. The Hall–Kier alpha value is -0.860. The maximum Gasteiger partial charge on any atom is 0.0612 e. The van der Waals surface area contributed by atoms with Crippen molar-refractivity contribution in [1.29, 1.82) is 0 Å². The second-order valence-corrected chi connectivity index (χ2v) is 5.77. The molecular weight excluding hydrogens is 236 g/mol. The molecule has 2 heteroatoms. The van der Waals surface area contributed by atoms with E-state index in [4.69, 9.17) is 5.11 Å². The molecule has 0 spiro atoms. The molecule has 0 heterocycles. The van der Waals surface area contributed by atoms with Crippen molar-refractivity contribution >= 4 is 0 Å². The molecular formula is C17H26O2. The Balaban J connectivity index is 2.12. The highest BCUT2D eigenvalue weighted by molar-refractivity contribution is 5.22. The van der Waals surface area contributed by atoms with E-state index in [0.717, 1.165) is 0 Å². The van der Waals surface area contributed by atoms with Crippen LogP contribution < -0.4 is 0 Å². The maximum absolute atomic E-state index is 10.5. The summed E-state index contributed by atoms with van der Waals surface area (Å²) in [4.78, 5) is 0. The number of hydrogen-bond donors (Lipinski definition) is 2. The fourth-order valence-electron chi connectivity index (χ4n) is 3.46. The summed E-state index contributed by atoms with van der Waals surface area (Å²) in [6, 6.07) is 10.4. The highest BCUT2D eigenvalue weighted by atomic mass is 16.3. The van der Waals surface area contributed by atoms with Gasteiger partial charge in [0.25, 0.3) is 0 Å². The van der Waals surface area contributed by atoms with Crippen molar-refractivity contribution in [1.82, 2.24) is 0 Å². The lowest BCUT2D eigenvalue weighted by Gasteiger charge is -2.34. The molecule has 1 aliphatic carbocycles. The van der Waals surface area contributed by atoms with Gasteiger partial charge in [0.2, 0.25) is 0 Å². The van der Waals surface area contributed by atoms with Crippen molar-refractivity contribution in [2.45, 2.75) is 57.0 Å². The summed E-state index contributed by atoms with van der Waals surface area (Å²) < 4.78 is 0. The smallest absolute Gasteiger partial charge is 0.0612 e. The van der Waals surface area contributed by atoms with Crippen molar-refractivity contribution in [2.75, 3.05) is 6.61 Å². The zero-order valence-corrected chi connectivity index (χ0v) is 11.7. The molecule has 0 radical (unpaired) electrons. The predicted octanol–water partition coefficient (Wildman–Crippen LogP) is 3.48. The van der Waals surface area contributed by atoms with Gasteiger partial charge in [-0.2, -0.15) is 0 Å². The first-order valence-electron chi connectivity index (χ1n) is 7.67. The normalized spacial score (nSPS) is 20.1. The monoisotopic (exact) mass is 262 g/mol. The van der Waals surface area contributed by atoms with Gasteiger partial charge < -0.3 is 10.2 Å². The Morgan fingerprint density at radius 1 is 1.05 bits per heavy atom. The van der Waals surface area contributed by atoms with Gasteiger partial charge in [-0.25, -0.2) is 0 Å². The van der Waals surface area contributed by atoms with Crippen LogP contribution in [-0.4, -0.2) is 22.9 Å². The van der Waals surface area contributed by atoms with Crippen LogP contribution in [0.5, 0.6) is 0 Å². The Bertz CT molecular complexity index is 344. The molecule has 106 valence electrons. The van der Waals surface area contributed by atoms with E-state index in [0.29, 0.717) is 18.8 Å². The van der Waals surface area contributed by atoms with Gasteiger partial charge in [0.1, 0.15) is 0 Å². The largest absolute Gasteiger partial charge is 0.396 e. The zero-order valence-electron chi connectivity index (χ0n) is 11.7. The molecule has 0 aliphatic heterocycles. The van der Waals surface area contributed by atoms with Crippen LogP contribution in [0.3, 0.4) is 0 Å². The van der Waals surface area contributed by atoms with Gasteiger partial charge in [-0.1, -0.05) is 49.6 Å². The summed E-state index contributed by atoms with van der Waals surface area (Å²) in [5, 5.41) is 19.5. The van der Waals surface area contributed by atoms with E-state index in [1.165, 1.54) is 37.7 Å². The minimum Gasteiger partial charge on any atom is -0.396 e. The van der Waals surface area contributed by atoms with Gasteiger partial charge in [0.05, 0.1) is 6.10 Å². The third-order valence-corrected chi connectivity index (χ3v) is 4.41. The van der Waals surface area contributed by atoms with Crippen molar-refractivity contribution in [3.63, 3.8) is 0 Å². The number of benzene rings is 1. The van der Waals surface area contributed by atoms with Crippen LogP contribution in [0.15, 0.2) is 30.3 Å². The number of hydrogen-bond acceptors (Lipinski definition) is 2. The van der Waals surface area contributed by atoms with Gasteiger partial charge in [-0.3, -0.25) is 0 Å². The third-order valence-electron chi connectivity index (χ3n) is 4.41. The summed E-state index contributed by atoms with van der Waals surface area (Å²) in [6.07, 6.45) is 7.46. The van der Waals surface area contributed by atoms with Crippen molar-refractivity contribution < 1.29 is 10.2 Å². The van der Waals surface area contributed by atoms with E-state index in [-0.39, 0.29) is 18.6 Å². The minimum absolute atomic E-state index is 0.170. The Morgan fingerprint density at radius 3 is 2.37 bits per heavy atom. The fourth-order valence-corrected chi connectivity index (χ4v) is 3.46. The zero-order chi connectivity index (χ0) is 13.5. The summed E-state index contributed by atoms with van der Waals surface area (Å²) >= 11 is 0. The van der Waals surface area contributed by atoms with Crippen LogP contribution in [-0.2, 0) is 0 Å². The van der Waals surface area contributed by atoms with Gasteiger partial charge in [-0.05, 0) is 37.2 Å². The van der Waals surface area contributed by atoms with E-state index in [9.17, 15) is 5.11 Å². The number of aliphatic hydroxyl groups is 2. The lowest BCUT2D eigenvalue weighted by molar-refractivity contribution is 0.0860. The van der Waals surface area contributed by atoms with E-state index in [1.54, 1.807) is 0 Å². The number of rotatable bonds is 6. The Kier molecular flexibility index (Phi) is 5.87. The molecule has 0 aromatic heterocycles. The molecule has 1 aromatic rings. The Labute approximate surface area is 116 Å². The highest BCUT2D eigenvalue weighted by Crippen LogP contribution is 2.39. The molecule has 1 aliphatic rings. The van der Waals surface area contributed by atoms with Crippen LogP contribution in [0.2, 0.25) is 0 Å². The molecule has 2 nitrogen and oxygen atoms in total. The summed E-state index contributed by atoms with van der Waals surface area (Å²) in [5.74, 6) is 0.845. The molecule has 2 N–H and O–H groups in total. The van der Waals surface area contributed by atoms with Crippen molar-refractivity contribution in [3.8, 4) is 0 Å². The van der Waals surface area contributed by atoms with E-state index in [1.807, 2.05) is 6.07 Å². The first-order valence-corrected chi connectivity index (χ1v) is 7.67. The van der Waals surface area contributed by atoms with E-state index in [2.05, 4.69) is 24.3 Å². The van der Waals surface area contributed by atoms with E-state index >= 15 is 0 Å². The predicted molar refractivity (Wildman–Crippen MR) is 78.1 cm³/mol. The van der Waals surface area contributed by atoms with E-state index < -0.39 is 0 Å². The second kappa shape index (κ2) is 7.66. The van der Waals surface area contributed by atoms with Crippen LogP contribution in [0.25, 0.3) is 0 Å². The molecule has 1 saturated carbocycles. The lowest BCUT2D eigenvalue weighted by atomic mass is 9.73. The van der Waals surface area contributed by atoms with Crippen LogP contribution in [0, 0.1) is 5.92 Å². The SMILES string of the molecule is OCCCC(O)C(c1ccccc1)C1CCCCC1. The summed E-state index contributed by atoms with van der Waals surface area (Å²) in [6.45, 7) is 0.170. The molecule has 1 fully saturated rings. The molecule has 2 rings (SSSR count).